The summed E-state index contributed by atoms with van der Waals surface area (Å²) in [4.78, 5) is 0. The second kappa shape index (κ2) is 5.67. The van der Waals surface area contributed by atoms with Gasteiger partial charge in [0.05, 0.1) is 6.20 Å². The summed E-state index contributed by atoms with van der Waals surface area (Å²) < 4.78 is 2.00. The fourth-order valence-electron chi connectivity index (χ4n) is 1.48. The summed E-state index contributed by atoms with van der Waals surface area (Å²) in [6, 6.07) is 0.441. The Morgan fingerprint density at radius 1 is 1.29 bits per heavy atom. The molecule has 0 unspecified atom stereocenters. The van der Waals surface area contributed by atoms with Crippen molar-refractivity contribution < 1.29 is 0 Å². The van der Waals surface area contributed by atoms with Gasteiger partial charge in [-0.15, -0.1) is 0 Å². The van der Waals surface area contributed by atoms with E-state index in [9.17, 15) is 0 Å². The van der Waals surface area contributed by atoms with Gasteiger partial charge in [-0.3, -0.25) is 4.68 Å². The van der Waals surface area contributed by atoms with Gasteiger partial charge in [-0.05, 0) is 25.2 Å². The molecule has 0 saturated carbocycles. The molecule has 1 rings (SSSR count). The molecule has 0 radical (unpaired) electrons. The number of nitrogens with zero attached hydrogens (tertiary/aromatic N) is 2. The van der Waals surface area contributed by atoms with E-state index in [4.69, 9.17) is 0 Å². The van der Waals surface area contributed by atoms with Gasteiger partial charge in [0.2, 0.25) is 0 Å². The molecule has 98 valence electrons. The zero-order valence-corrected chi connectivity index (χ0v) is 12.1. The number of hydrogen-bond donors (Lipinski definition) is 1. The van der Waals surface area contributed by atoms with Crippen molar-refractivity contribution in [2.75, 3.05) is 6.54 Å². The van der Waals surface area contributed by atoms with Crippen molar-refractivity contribution in [3.05, 3.63) is 18.0 Å². The molecule has 0 saturated heterocycles. The molecule has 3 heteroatoms. The van der Waals surface area contributed by atoms with Gasteiger partial charge < -0.3 is 5.32 Å². The summed E-state index contributed by atoms with van der Waals surface area (Å²) >= 11 is 0. The number of rotatable bonds is 6. The van der Waals surface area contributed by atoms with E-state index >= 15 is 0 Å². The second-order valence-corrected chi connectivity index (χ2v) is 6.17. The average Bonchev–Trinajstić information content (AvgIpc) is 2.66. The van der Waals surface area contributed by atoms with Crippen LogP contribution in [0.4, 0.5) is 0 Å². The monoisotopic (exact) mass is 237 g/mol. The Morgan fingerprint density at radius 2 is 1.94 bits per heavy atom. The Labute approximate surface area is 106 Å². The van der Waals surface area contributed by atoms with E-state index in [0.717, 1.165) is 13.1 Å². The molecule has 3 nitrogen and oxygen atoms in total. The van der Waals surface area contributed by atoms with Gasteiger partial charge in [-0.2, -0.15) is 5.10 Å². The lowest BCUT2D eigenvalue weighted by atomic mass is 9.81. The highest BCUT2D eigenvalue weighted by molar-refractivity contribution is 5.03. The smallest absolute Gasteiger partial charge is 0.0534 e. The molecule has 1 N–H and O–H groups in total. The molecule has 0 aliphatic heterocycles. The van der Waals surface area contributed by atoms with Gasteiger partial charge in [0.15, 0.2) is 0 Å². The summed E-state index contributed by atoms with van der Waals surface area (Å²) in [6.07, 6.45) is 4.08. The van der Waals surface area contributed by atoms with Gasteiger partial charge in [0, 0.05) is 30.9 Å². The molecule has 0 aromatic carbocycles. The van der Waals surface area contributed by atoms with E-state index in [1.807, 2.05) is 10.9 Å². The van der Waals surface area contributed by atoms with Crippen molar-refractivity contribution >= 4 is 0 Å². The fourth-order valence-corrected chi connectivity index (χ4v) is 1.48. The summed E-state index contributed by atoms with van der Waals surface area (Å²) in [7, 11) is 0. The third-order valence-electron chi connectivity index (χ3n) is 3.66. The lowest BCUT2D eigenvalue weighted by Gasteiger charge is -2.29. The minimum atomic E-state index is 0.341. The lowest BCUT2D eigenvalue weighted by molar-refractivity contribution is 0.238. The van der Waals surface area contributed by atoms with Crippen LogP contribution in [0.1, 0.15) is 53.1 Å². The molecule has 0 bridgehead atoms. The van der Waals surface area contributed by atoms with E-state index in [2.05, 4.69) is 58.2 Å². The molecule has 0 fully saturated rings. The molecule has 0 amide bonds. The van der Waals surface area contributed by atoms with Crippen LogP contribution in [0, 0.1) is 11.3 Å². The van der Waals surface area contributed by atoms with E-state index < -0.39 is 0 Å². The van der Waals surface area contributed by atoms with Gasteiger partial charge in [-0.25, -0.2) is 0 Å². The first-order chi connectivity index (χ1) is 7.83. The number of hydrogen-bond acceptors (Lipinski definition) is 2. The Morgan fingerprint density at radius 3 is 2.41 bits per heavy atom. The number of nitrogens with one attached hydrogen (secondary N) is 1. The normalized spacial score (nSPS) is 12.7. The zero-order valence-electron chi connectivity index (χ0n) is 12.1. The van der Waals surface area contributed by atoms with Gasteiger partial charge in [0.1, 0.15) is 0 Å². The maximum absolute atomic E-state index is 4.34. The first-order valence-corrected chi connectivity index (χ1v) is 6.56. The molecule has 1 aromatic rings. The van der Waals surface area contributed by atoms with Crippen molar-refractivity contribution in [3.8, 4) is 0 Å². The minimum Gasteiger partial charge on any atom is -0.312 e. The van der Waals surface area contributed by atoms with Gasteiger partial charge in [0.25, 0.3) is 0 Å². The first kappa shape index (κ1) is 14.2. The summed E-state index contributed by atoms with van der Waals surface area (Å²) in [5, 5.41) is 7.86. The second-order valence-electron chi connectivity index (χ2n) is 6.17. The van der Waals surface area contributed by atoms with Crippen LogP contribution in [-0.4, -0.2) is 16.3 Å². The quantitative estimate of drug-likeness (QED) is 0.823. The minimum absolute atomic E-state index is 0.341. The predicted molar refractivity (Wildman–Crippen MR) is 72.9 cm³/mol. The van der Waals surface area contributed by atoms with Crippen molar-refractivity contribution in [1.82, 2.24) is 15.1 Å². The third kappa shape index (κ3) is 4.15. The molecule has 17 heavy (non-hydrogen) atoms. The maximum atomic E-state index is 4.34. The molecular weight excluding hydrogens is 210 g/mol. The van der Waals surface area contributed by atoms with Crippen LogP contribution in [0.5, 0.6) is 0 Å². The Hall–Kier alpha value is -0.830. The fraction of sp³-hybridized carbons (Fsp3) is 0.786. The van der Waals surface area contributed by atoms with Gasteiger partial charge >= 0.3 is 0 Å². The highest BCUT2D eigenvalue weighted by atomic mass is 15.3. The molecular formula is C14H27N3. The van der Waals surface area contributed by atoms with Crippen LogP contribution in [0.15, 0.2) is 12.4 Å². The number of aromatic nitrogens is 2. The van der Waals surface area contributed by atoms with Crippen LogP contribution in [0.25, 0.3) is 0 Å². The molecule has 1 heterocycles. The third-order valence-corrected chi connectivity index (χ3v) is 3.66. The zero-order chi connectivity index (χ0) is 13.1. The van der Waals surface area contributed by atoms with E-state index in [-0.39, 0.29) is 0 Å². The molecule has 1 aromatic heterocycles. The van der Waals surface area contributed by atoms with Crippen LogP contribution in [-0.2, 0) is 6.54 Å². The molecule has 0 aliphatic carbocycles. The van der Waals surface area contributed by atoms with Crippen LogP contribution in [0.2, 0.25) is 0 Å². The van der Waals surface area contributed by atoms with Crippen molar-refractivity contribution in [2.45, 2.75) is 54.1 Å². The van der Waals surface area contributed by atoms with Crippen LogP contribution in [0.3, 0.4) is 0 Å². The highest BCUT2D eigenvalue weighted by Crippen LogP contribution is 2.24. The Bertz CT molecular complexity index is 337. The first-order valence-electron chi connectivity index (χ1n) is 6.56. The Balaban J connectivity index is 2.41. The van der Waals surface area contributed by atoms with Crippen molar-refractivity contribution in [3.63, 3.8) is 0 Å². The van der Waals surface area contributed by atoms with Crippen LogP contribution >= 0.6 is 0 Å². The highest BCUT2D eigenvalue weighted by Gasteiger charge is 2.21. The average molecular weight is 237 g/mol. The van der Waals surface area contributed by atoms with Crippen molar-refractivity contribution in [1.29, 1.82) is 0 Å². The lowest BCUT2D eigenvalue weighted by Crippen LogP contribution is -2.33. The predicted octanol–water partition coefficient (Wildman–Crippen LogP) is 3.24. The maximum Gasteiger partial charge on any atom is 0.0534 e. The molecule has 0 atom stereocenters. The standard InChI is InChI=1S/C14H27N3/c1-11(2)14(5,6)10-15-7-13-8-16-17(9-13)12(3)4/h8-9,11-12,15H,7,10H2,1-6H3. The summed E-state index contributed by atoms with van der Waals surface area (Å²) in [6.45, 7) is 15.4. The summed E-state index contributed by atoms with van der Waals surface area (Å²) in [5.74, 6) is 0.688. The van der Waals surface area contributed by atoms with Crippen molar-refractivity contribution in [2.24, 2.45) is 11.3 Å². The van der Waals surface area contributed by atoms with Gasteiger partial charge in [-0.1, -0.05) is 27.7 Å². The Kier molecular flexibility index (Phi) is 4.75. The van der Waals surface area contributed by atoms with E-state index in [0.29, 0.717) is 17.4 Å². The topological polar surface area (TPSA) is 29.9 Å². The molecule has 0 spiro atoms. The SMILES string of the molecule is CC(C)n1cc(CNCC(C)(C)C(C)C)cn1. The molecule has 0 aliphatic rings. The van der Waals surface area contributed by atoms with E-state index in [1.165, 1.54) is 5.56 Å². The van der Waals surface area contributed by atoms with E-state index in [1.54, 1.807) is 0 Å². The largest absolute Gasteiger partial charge is 0.312 e. The van der Waals surface area contributed by atoms with Crippen LogP contribution < -0.4 is 5.32 Å². The summed E-state index contributed by atoms with van der Waals surface area (Å²) in [5.41, 5.74) is 1.60.